The van der Waals surface area contributed by atoms with Crippen molar-refractivity contribution in [1.82, 2.24) is 5.32 Å². The SMILES string of the molecule is CC[CH]S(=O)(=O)CC1CCNC(=O)C1. The van der Waals surface area contributed by atoms with Gasteiger partial charge in [0.25, 0.3) is 0 Å². The molecule has 1 heterocycles. The van der Waals surface area contributed by atoms with E-state index in [0.29, 0.717) is 19.4 Å². The summed E-state index contributed by atoms with van der Waals surface area (Å²) in [6.07, 6.45) is 1.64. The Morgan fingerprint density at radius 3 is 2.86 bits per heavy atom. The Balaban J connectivity index is 2.47. The molecule has 1 radical (unpaired) electrons. The van der Waals surface area contributed by atoms with Gasteiger partial charge in [-0.05, 0) is 18.8 Å². The van der Waals surface area contributed by atoms with Gasteiger partial charge >= 0.3 is 0 Å². The maximum atomic E-state index is 11.4. The number of hydrogen-bond donors (Lipinski definition) is 1. The van der Waals surface area contributed by atoms with E-state index in [1.807, 2.05) is 0 Å². The first-order valence-corrected chi connectivity index (χ1v) is 6.57. The van der Waals surface area contributed by atoms with Crippen LogP contribution in [0.1, 0.15) is 26.2 Å². The predicted molar refractivity (Wildman–Crippen MR) is 54.1 cm³/mol. The molecule has 1 fully saturated rings. The first-order valence-electron chi connectivity index (χ1n) is 4.86. The number of amides is 1. The minimum absolute atomic E-state index is 0.00319. The van der Waals surface area contributed by atoms with Crippen LogP contribution in [0.25, 0.3) is 0 Å². The molecule has 0 aromatic carbocycles. The summed E-state index contributed by atoms with van der Waals surface area (Å²) in [5, 5.41) is 2.69. The highest BCUT2D eigenvalue weighted by atomic mass is 32.2. The number of sulfone groups is 1. The van der Waals surface area contributed by atoms with E-state index in [4.69, 9.17) is 0 Å². The molecule has 1 rings (SSSR count). The lowest BCUT2D eigenvalue weighted by molar-refractivity contribution is -0.123. The number of hydrogen-bond acceptors (Lipinski definition) is 3. The number of rotatable bonds is 4. The Hall–Kier alpha value is -0.580. The second-order valence-electron chi connectivity index (χ2n) is 3.61. The van der Waals surface area contributed by atoms with Crippen LogP contribution in [0, 0.1) is 11.7 Å². The number of carbonyl (C=O) groups excluding carboxylic acids is 1. The van der Waals surface area contributed by atoms with E-state index in [1.165, 1.54) is 5.75 Å². The van der Waals surface area contributed by atoms with E-state index in [-0.39, 0.29) is 17.6 Å². The van der Waals surface area contributed by atoms with Crippen LogP contribution in [0.15, 0.2) is 0 Å². The molecule has 1 amide bonds. The summed E-state index contributed by atoms with van der Waals surface area (Å²) in [6, 6.07) is 0. The highest BCUT2D eigenvalue weighted by Gasteiger charge is 2.24. The second kappa shape index (κ2) is 4.77. The number of carbonyl (C=O) groups is 1. The first kappa shape index (κ1) is 11.5. The van der Waals surface area contributed by atoms with Gasteiger partial charge in [0.1, 0.15) is 0 Å². The fraction of sp³-hybridized carbons (Fsp3) is 0.778. The fourth-order valence-electron chi connectivity index (χ4n) is 1.64. The molecule has 0 aliphatic carbocycles. The largest absolute Gasteiger partial charge is 0.356 e. The van der Waals surface area contributed by atoms with Crippen LogP contribution in [-0.4, -0.2) is 26.6 Å². The van der Waals surface area contributed by atoms with Gasteiger partial charge in [0, 0.05) is 13.0 Å². The van der Waals surface area contributed by atoms with E-state index < -0.39 is 9.84 Å². The molecule has 1 unspecified atom stereocenters. The minimum atomic E-state index is -3.06. The maximum Gasteiger partial charge on any atom is 0.220 e. The third kappa shape index (κ3) is 3.65. The smallest absolute Gasteiger partial charge is 0.220 e. The number of piperidine rings is 1. The highest BCUT2D eigenvalue weighted by Crippen LogP contribution is 2.16. The molecule has 1 aliphatic rings. The zero-order valence-corrected chi connectivity index (χ0v) is 9.14. The standard InChI is InChI=1S/C9H16NO3S/c1-2-5-14(12,13)7-8-3-4-10-9(11)6-8/h5,8H,2-4,6-7H2,1H3,(H,10,11). The highest BCUT2D eigenvalue weighted by molar-refractivity contribution is 7.93. The molecule has 0 aromatic rings. The Morgan fingerprint density at radius 1 is 1.57 bits per heavy atom. The van der Waals surface area contributed by atoms with Gasteiger partial charge in [0.15, 0.2) is 9.84 Å². The van der Waals surface area contributed by atoms with E-state index >= 15 is 0 Å². The molecule has 14 heavy (non-hydrogen) atoms. The average Bonchev–Trinajstić information content (AvgIpc) is 2.02. The van der Waals surface area contributed by atoms with Gasteiger partial charge in [0.2, 0.25) is 5.91 Å². The van der Waals surface area contributed by atoms with Crippen LogP contribution in [0.5, 0.6) is 0 Å². The summed E-state index contributed by atoms with van der Waals surface area (Å²) >= 11 is 0. The van der Waals surface area contributed by atoms with Gasteiger partial charge in [-0.1, -0.05) is 6.92 Å². The van der Waals surface area contributed by atoms with Crippen molar-refractivity contribution in [3.63, 3.8) is 0 Å². The molecule has 0 aromatic heterocycles. The van der Waals surface area contributed by atoms with Gasteiger partial charge in [-0.2, -0.15) is 0 Å². The molecule has 1 saturated heterocycles. The van der Waals surface area contributed by atoms with Crippen LogP contribution in [0.3, 0.4) is 0 Å². The second-order valence-corrected chi connectivity index (χ2v) is 5.61. The Labute approximate surface area is 85.0 Å². The van der Waals surface area contributed by atoms with Crippen molar-refractivity contribution >= 4 is 15.7 Å². The average molecular weight is 218 g/mol. The van der Waals surface area contributed by atoms with Crippen LogP contribution >= 0.6 is 0 Å². The van der Waals surface area contributed by atoms with Crippen molar-refractivity contribution in [3.8, 4) is 0 Å². The molecule has 81 valence electrons. The van der Waals surface area contributed by atoms with E-state index in [9.17, 15) is 13.2 Å². The zero-order chi connectivity index (χ0) is 10.6. The van der Waals surface area contributed by atoms with Crippen molar-refractivity contribution in [2.75, 3.05) is 12.3 Å². The topological polar surface area (TPSA) is 63.2 Å². The van der Waals surface area contributed by atoms with Crippen molar-refractivity contribution < 1.29 is 13.2 Å². The van der Waals surface area contributed by atoms with Crippen molar-refractivity contribution in [3.05, 3.63) is 5.75 Å². The maximum absolute atomic E-state index is 11.4. The molecule has 0 bridgehead atoms. The van der Waals surface area contributed by atoms with Gasteiger partial charge in [-0.15, -0.1) is 0 Å². The summed E-state index contributed by atoms with van der Waals surface area (Å²) in [5.41, 5.74) is 0. The zero-order valence-electron chi connectivity index (χ0n) is 8.32. The van der Waals surface area contributed by atoms with Gasteiger partial charge in [-0.25, -0.2) is 8.42 Å². The summed E-state index contributed by atoms with van der Waals surface area (Å²) in [6.45, 7) is 2.40. The molecule has 1 atom stereocenters. The fourth-order valence-corrected chi connectivity index (χ4v) is 3.23. The van der Waals surface area contributed by atoms with Crippen LogP contribution < -0.4 is 5.32 Å². The normalized spacial score (nSPS) is 23.2. The summed E-state index contributed by atoms with van der Waals surface area (Å²) in [5.74, 6) is 1.41. The first-order chi connectivity index (χ1) is 6.53. The van der Waals surface area contributed by atoms with Crippen molar-refractivity contribution in [2.45, 2.75) is 26.2 Å². The van der Waals surface area contributed by atoms with Gasteiger partial charge in [-0.3, -0.25) is 4.79 Å². The third-order valence-corrected chi connectivity index (χ3v) is 4.01. The van der Waals surface area contributed by atoms with E-state index in [1.54, 1.807) is 6.92 Å². The molecule has 0 saturated carbocycles. The lowest BCUT2D eigenvalue weighted by Gasteiger charge is -2.21. The molecular weight excluding hydrogens is 202 g/mol. The lowest BCUT2D eigenvalue weighted by Crippen LogP contribution is -2.36. The van der Waals surface area contributed by atoms with Crippen molar-refractivity contribution in [2.24, 2.45) is 5.92 Å². The predicted octanol–water partition coefficient (Wildman–Crippen LogP) is 0.499. The van der Waals surface area contributed by atoms with Crippen molar-refractivity contribution in [1.29, 1.82) is 0 Å². The van der Waals surface area contributed by atoms with Crippen LogP contribution in [0.2, 0.25) is 0 Å². The summed E-state index contributed by atoms with van der Waals surface area (Å²) in [7, 11) is -3.06. The van der Waals surface area contributed by atoms with Gasteiger partial charge in [0.05, 0.1) is 11.5 Å². The molecule has 1 aliphatic heterocycles. The molecule has 5 heteroatoms. The van der Waals surface area contributed by atoms with E-state index in [0.717, 1.165) is 6.42 Å². The molecule has 4 nitrogen and oxygen atoms in total. The Morgan fingerprint density at radius 2 is 2.29 bits per heavy atom. The van der Waals surface area contributed by atoms with Gasteiger partial charge < -0.3 is 5.32 Å². The number of nitrogens with one attached hydrogen (secondary N) is 1. The third-order valence-electron chi connectivity index (χ3n) is 2.24. The molecule has 0 spiro atoms. The Bertz CT molecular complexity index is 297. The monoisotopic (exact) mass is 218 g/mol. The minimum Gasteiger partial charge on any atom is -0.356 e. The summed E-state index contributed by atoms with van der Waals surface area (Å²) in [4.78, 5) is 11.0. The van der Waals surface area contributed by atoms with Crippen LogP contribution in [-0.2, 0) is 14.6 Å². The molecular formula is C9H16NO3S. The quantitative estimate of drug-likeness (QED) is 0.747. The van der Waals surface area contributed by atoms with Crippen LogP contribution in [0.4, 0.5) is 0 Å². The summed E-state index contributed by atoms with van der Waals surface area (Å²) < 4.78 is 22.8. The lowest BCUT2D eigenvalue weighted by atomic mass is 10.0. The molecule has 1 N–H and O–H groups in total. The Kier molecular flexibility index (Phi) is 3.92. The van der Waals surface area contributed by atoms with E-state index in [2.05, 4.69) is 5.32 Å².